The minimum atomic E-state index is -0.791. The van der Waals surface area contributed by atoms with E-state index in [9.17, 15) is 39.4 Å². The number of ether oxygens (including phenoxy) is 5. The first-order valence-electron chi connectivity index (χ1n) is 16.1. The minimum absolute atomic E-state index is 0.00602. The molecule has 1 fully saturated rings. The quantitative estimate of drug-likeness (QED) is 0.0314. The molecule has 0 saturated carbocycles. The maximum atomic E-state index is 12.0. The highest BCUT2D eigenvalue weighted by atomic mass is 16.6. The van der Waals surface area contributed by atoms with Gasteiger partial charge in [-0.15, -0.1) is 0 Å². The van der Waals surface area contributed by atoms with E-state index in [2.05, 4.69) is 31.9 Å². The molecule has 2 unspecified atom stereocenters. The molecule has 0 radical (unpaired) electrons. The number of nitro groups is 2. The highest BCUT2D eigenvalue weighted by Gasteiger charge is 2.27. The number of carbonyl (C=O) groups is 4. The summed E-state index contributed by atoms with van der Waals surface area (Å²) in [5.41, 5.74) is -1.03. The van der Waals surface area contributed by atoms with Gasteiger partial charge in [-0.3, -0.25) is 35.1 Å². The first-order chi connectivity index (χ1) is 24.1. The number of hydrogen-bond donors (Lipinski definition) is 6. The zero-order valence-corrected chi connectivity index (χ0v) is 27.9. The fourth-order valence-electron chi connectivity index (χ4n) is 4.37. The van der Waals surface area contributed by atoms with E-state index < -0.39 is 33.2 Å². The summed E-state index contributed by atoms with van der Waals surface area (Å²) in [6, 6.07) is 3.09. The number of amides is 5. The number of anilines is 1. The van der Waals surface area contributed by atoms with Crippen LogP contribution < -0.4 is 31.9 Å². The fourth-order valence-corrected chi connectivity index (χ4v) is 4.37. The van der Waals surface area contributed by atoms with E-state index >= 15 is 0 Å². The van der Waals surface area contributed by atoms with Crippen molar-refractivity contribution in [3.05, 3.63) is 38.4 Å². The Kier molecular flexibility index (Phi) is 20.1. The standard InChI is InChI=1S/C29H46N8O13/c1-21-23(35-28(40)34-21)4-2-3-5-26(38)30-8-10-46-12-13-47-14-15-48-16-17-50-29(41)33-20-49-11-9-31-27(39)19-32-24-7-6-22(36(42)43)18-25(24)37(44)45/h6-7,18,21,23,32H,2-5,8-17,19-20H2,1H3,(H,30,38)(H,31,39)(H,33,41)(H2,34,35,40). The van der Waals surface area contributed by atoms with Crippen molar-refractivity contribution < 1.29 is 52.7 Å². The number of alkyl carbamates (subject to hydrolysis) is 1. The van der Waals surface area contributed by atoms with E-state index in [0.29, 0.717) is 46.0 Å². The Morgan fingerprint density at radius 1 is 0.800 bits per heavy atom. The predicted molar refractivity (Wildman–Crippen MR) is 175 cm³/mol. The van der Waals surface area contributed by atoms with Crippen LogP contribution in [0, 0.1) is 20.2 Å². The Hall–Kier alpha value is -4.86. The van der Waals surface area contributed by atoms with Crippen molar-refractivity contribution in [2.45, 2.75) is 44.7 Å². The molecule has 6 N–H and O–H groups in total. The molecule has 1 aromatic rings. The number of carbonyl (C=O) groups excluding carboxylic acids is 4. The first-order valence-corrected chi connectivity index (χ1v) is 16.1. The molecule has 5 amide bonds. The van der Waals surface area contributed by atoms with Crippen LogP contribution >= 0.6 is 0 Å². The molecule has 2 rings (SSSR count). The molecule has 1 aliphatic heterocycles. The number of hydrogen-bond acceptors (Lipinski definition) is 14. The van der Waals surface area contributed by atoms with Gasteiger partial charge in [-0.1, -0.05) is 6.42 Å². The fraction of sp³-hybridized carbons (Fsp3) is 0.655. The number of unbranched alkanes of at least 4 members (excludes halogenated alkanes) is 1. The van der Waals surface area contributed by atoms with Crippen molar-refractivity contribution in [3.63, 3.8) is 0 Å². The van der Waals surface area contributed by atoms with Crippen molar-refractivity contribution in [3.8, 4) is 0 Å². The van der Waals surface area contributed by atoms with Gasteiger partial charge in [0.25, 0.3) is 11.4 Å². The third-order valence-corrected chi connectivity index (χ3v) is 6.94. The van der Waals surface area contributed by atoms with Crippen molar-refractivity contribution >= 4 is 41.0 Å². The molecule has 21 heteroatoms. The van der Waals surface area contributed by atoms with Gasteiger partial charge in [0.15, 0.2) is 0 Å². The summed E-state index contributed by atoms with van der Waals surface area (Å²) >= 11 is 0. The summed E-state index contributed by atoms with van der Waals surface area (Å²) in [6.45, 7) is 3.87. The third kappa shape index (κ3) is 18.1. The van der Waals surface area contributed by atoms with Gasteiger partial charge < -0.3 is 50.3 Å². The molecule has 0 spiro atoms. The van der Waals surface area contributed by atoms with Crippen LogP contribution in [0.1, 0.15) is 32.6 Å². The molecule has 0 aliphatic carbocycles. The van der Waals surface area contributed by atoms with Crippen LogP contribution in [-0.2, 0) is 33.3 Å². The van der Waals surface area contributed by atoms with Crippen LogP contribution in [0.5, 0.6) is 0 Å². The lowest BCUT2D eigenvalue weighted by atomic mass is 10.0. The maximum Gasteiger partial charge on any atom is 0.409 e. The van der Waals surface area contributed by atoms with Crippen molar-refractivity contribution in [1.29, 1.82) is 0 Å². The SMILES string of the molecule is CC1NC(=O)NC1CCCCC(=O)NCCOCCOCCOCCOC(=O)NCOCCNC(=O)CNc1ccc([N+](=O)[O-])cc1[N+](=O)[O-]. The van der Waals surface area contributed by atoms with Gasteiger partial charge in [0, 0.05) is 31.6 Å². The van der Waals surface area contributed by atoms with Crippen LogP contribution in [0.2, 0.25) is 0 Å². The molecule has 0 bridgehead atoms. The lowest BCUT2D eigenvalue weighted by Crippen LogP contribution is -2.34. The average Bonchev–Trinajstić information content (AvgIpc) is 3.41. The van der Waals surface area contributed by atoms with Gasteiger partial charge in [0.1, 0.15) is 19.0 Å². The molecule has 1 aromatic carbocycles. The zero-order chi connectivity index (χ0) is 36.6. The van der Waals surface area contributed by atoms with Gasteiger partial charge in [-0.05, 0) is 25.8 Å². The predicted octanol–water partition coefficient (Wildman–Crippen LogP) is 0.528. The summed E-state index contributed by atoms with van der Waals surface area (Å²) in [6.07, 6.45) is 2.13. The number of nitrogens with one attached hydrogen (secondary N) is 6. The number of rotatable bonds is 27. The Morgan fingerprint density at radius 3 is 2.08 bits per heavy atom. The van der Waals surface area contributed by atoms with E-state index in [1.165, 1.54) is 0 Å². The van der Waals surface area contributed by atoms with Gasteiger partial charge >= 0.3 is 12.1 Å². The molecule has 280 valence electrons. The number of benzene rings is 1. The van der Waals surface area contributed by atoms with Gasteiger partial charge in [0.05, 0.1) is 74.7 Å². The molecule has 0 aromatic heterocycles. The highest BCUT2D eigenvalue weighted by molar-refractivity contribution is 5.82. The molecule has 50 heavy (non-hydrogen) atoms. The first kappa shape index (κ1) is 41.3. The lowest BCUT2D eigenvalue weighted by molar-refractivity contribution is -0.393. The van der Waals surface area contributed by atoms with E-state index in [0.717, 1.165) is 37.5 Å². The maximum absolute atomic E-state index is 12.0. The summed E-state index contributed by atoms with van der Waals surface area (Å²) in [4.78, 5) is 67.2. The summed E-state index contributed by atoms with van der Waals surface area (Å²) in [7, 11) is 0. The van der Waals surface area contributed by atoms with Gasteiger partial charge in [0.2, 0.25) is 11.8 Å². The second-order valence-corrected chi connectivity index (χ2v) is 10.7. The Labute approximate surface area is 288 Å². The van der Waals surface area contributed by atoms with Crippen LogP contribution in [0.4, 0.5) is 26.7 Å². The van der Waals surface area contributed by atoms with E-state index in [1.54, 1.807) is 0 Å². The van der Waals surface area contributed by atoms with Gasteiger partial charge in [-0.25, -0.2) is 9.59 Å². The monoisotopic (exact) mass is 714 g/mol. The number of urea groups is 1. The average molecular weight is 715 g/mol. The number of non-ortho nitro benzene ring substituents is 1. The zero-order valence-electron chi connectivity index (χ0n) is 27.9. The van der Waals surface area contributed by atoms with E-state index in [-0.39, 0.29) is 69.4 Å². The Morgan fingerprint density at radius 2 is 1.44 bits per heavy atom. The van der Waals surface area contributed by atoms with Crippen LogP contribution in [0.25, 0.3) is 0 Å². The molecule has 1 aliphatic rings. The smallest absolute Gasteiger partial charge is 0.409 e. The minimum Gasteiger partial charge on any atom is -0.447 e. The highest BCUT2D eigenvalue weighted by Crippen LogP contribution is 2.28. The van der Waals surface area contributed by atoms with Crippen molar-refractivity contribution in [1.82, 2.24) is 26.6 Å². The molecule has 1 saturated heterocycles. The van der Waals surface area contributed by atoms with Crippen LogP contribution in [-0.4, -0.2) is 125 Å². The third-order valence-electron chi connectivity index (χ3n) is 6.94. The summed E-state index contributed by atoms with van der Waals surface area (Å²) < 4.78 is 26.2. The summed E-state index contributed by atoms with van der Waals surface area (Å²) in [5.74, 6) is -0.540. The second kappa shape index (κ2) is 24.3. The molecule has 21 nitrogen and oxygen atoms in total. The van der Waals surface area contributed by atoms with Crippen LogP contribution in [0.15, 0.2) is 18.2 Å². The van der Waals surface area contributed by atoms with Crippen molar-refractivity contribution in [2.75, 3.05) is 84.5 Å². The number of nitrogens with zero attached hydrogens (tertiary/aromatic N) is 2. The molecule has 1 heterocycles. The summed E-state index contributed by atoms with van der Waals surface area (Å²) in [5, 5.41) is 37.9. The largest absolute Gasteiger partial charge is 0.447 e. The molecule has 2 atom stereocenters. The normalized spacial score (nSPS) is 15.0. The van der Waals surface area contributed by atoms with Crippen LogP contribution in [0.3, 0.4) is 0 Å². The van der Waals surface area contributed by atoms with Gasteiger partial charge in [-0.2, -0.15) is 0 Å². The number of nitro benzene ring substituents is 2. The Bertz CT molecular complexity index is 1260. The molecular weight excluding hydrogens is 668 g/mol. The molecular formula is C29H46N8O13. The second-order valence-electron chi connectivity index (χ2n) is 10.7. The Balaban J connectivity index is 1.32. The lowest BCUT2D eigenvalue weighted by Gasteiger charge is -2.13. The van der Waals surface area contributed by atoms with E-state index in [4.69, 9.17) is 23.7 Å². The van der Waals surface area contributed by atoms with Crippen molar-refractivity contribution in [2.24, 2.45) is 0 Å². The topological polar surface area (TPSA) is 273 Å². The van der Waals surface area contributed by atoms with E-state index in [1.807, 2.05) is 6.92 Å².